The van der Waals surface area contributed by atoms with Gasteiger partial charge in [0.25, 0.3) is 0 Å². The first-order valence-corrected chi connectivity index (χ1v) is 4.03. The van der Waals surface area contributed by atoms with Crippen LogP contribution in [0.3, 0.4) is 0 Å². The van der Waals surface area contributed by atoms with Crippen molar-refractivity contribution in [2.75, 3.05) is 6.79 Å². The molecule has 1 aromatic carbocycles. The van der Waals surface area contributed by atoms with Crippen LogP contribution in [0.5, 0.6) is 11.5 Å². The van der Waals surface area contributed by atoms with Gasteiger partial charge >= 0.3 is 6.04 Å². The van der Waals surface area contributed by atoms with Crippen LogP contribution in [0.15, 0.2) is 24.3 Å². The van der Waals surface area contributed by atoms with Crippen molar-refractivity contribution in [2.45, 2.75) is 0 Å². The molecule has 3 nitrogen and oxygen atoms in total. The largest absolute Gasteiger partial charge is 0.454 e. The fourth-order valence-electron chi connectivity index (χ4n) is 1.18. The summed E-state index contributed by atoms with van der Waals surface area (Å²) in [5.41, 5.74) is 0.695. The summed E-state index contributed by atoms with van der Waals surface area (Å²) < 4.78 is 22.1. The lowest BCUT2D eigenvalue weighted by Gasteiger charge is -1.96. The van der Waals surface area contributed by atoms with E-state index in [0.717, 1.165) is 6.08 Å². The lowest BCUT2D eigenvalue weighted by molar-refractivity contribution is -0.124. The second-order valence-corrected chi connectivity index (χ2v) is 2.75. The molecule has 0 N–H and O–H groups in total. The Labute approximate surface area is 79.7 Å². The van der Waals surface area contributed by atoms with Crippen LogP contribution in [-0.4, -0.2) is 12.8 Å². The molecule has 0 fully saturated rings. The lowest BCUT2D eigenvalue weighted by Crippen LogP contribution is -1.92. The fraction of sp³-hybridized carbons (Fsp3) is 0.100. The molecule has 0 bridgehead atoms. The number of halogens is 1. The van der Waals surface area contributed by atoms with E-state index in [-0.39, 0.29) is 6.79 Å². The van der Waals surface area contributed by atoms with Crippen LogP contribution in [0, 0.1) is 0 Å². The summed E-state index contributed by atoms with van der Waals surface area (Å²) in [6.45, 7) is 0.199. The zero-order valence-corrected chi connectivity index (χ0v) is 7.20. The standard InChI is InChI=1S/C10H7FO3/c11-10(12)4-2-7-1-3-8-9(5-7)14-6-13-8/h1-5H,6H2/b4-2+. The maximum Gasteiger partial charge on any atom is 0.324 e. The van der Waals surface area contributed by atoms with E-state index < -0.39 is 6.04 Å². The van der Waals surface area contributed by atoms with Crippen LogP contribution >= 0.6 is 0 Å². The summed E-state index contributed by atoms with van der Waals surface area (Å²) >= 11 is 0. The van der Waals surface area contributed by atoms with Crippen molar-refractivity contribution in [1.82, 2.24) is 0 Å². The number of hydrogen-bond donors (Lipinski definition) is 0. The molecule has 2 rings (SSSR count). The SMILES string of the molecule is O=C(F)/C=C/c1ccc2c(c1)OCO2. The molecule has 0 unspecified atom stereocenters. The van der Waals surface area contributed by atoms with Crippen molar-refractivity contribution in [3.63, 3.8) is 0 Å². The molecule has 14 heavy (non-hydrogen) atoms. The second kappa shape index (κ2) is 3.49. The van der Waals surface area contributed by atoms with Gasteiger partial charge in [-0.25, -0.2) is 0 Å². The average Bonchev–Trinajstić information content (AvgIpc) is 2.61. The topological polar surface area (TPSA) is 35.5 Å². The molecule has 1 aliphatic rings. The minimum Gasteiger partial charge on any atom is -0.454 e. The number of hydrogen-bond acceptors (Lipinski definition) is 3. The third kappa shape index (κ3) is 1.74. The molecule has 4 heteroatoms. The summed E-state index contributed by atoms with van der Waals surface area (Å²) in [7, 11) is 0. The van der Waals surface area contributed by atoms with Crippen LogP contribution in [-0.2, 0) is 4.79 Å². The van der Waals surface area contributed by atoms with E-state index >= 15 is 0 Å². The molecule has 0 amide bonds. The first-order valence-electron chi connectivity index (χ1n) is 4.03. The molecule has 0 saturated carbocycles. The molecule has 72 valence electrons. The fourth-order valence-corrected chi connectivity index (χ4v) is 1.18. The number of allylic oxidation sites excluding steroid dienone is 1. The number of fused-ring (bicyclic) bond motifs is 1. The Balaban J connectivity index is 2.25. The molecule has 1 heterocycles. The Kier molecular flexibility index (Phi) is 2.18. The number of carbonyl (C=O) groups excluding carboxylic acids is 1. The van der Waals surface area contributed by atoms with Crippen molar-refractivity contribution in [2.24, 2.45) is 0 Å². The maximum atomic E-state index is 11.9. The van der Waals surface area contributed by atoms with Crippen molar-refractivity contribution in [1.29, 1.82) is 0 Å². The molecular formula is C10H7FO3. The van der Waals surface area contributed by atoms with E-state index in [4.69, 9.17) is 9.47 Å². The van der Waals surface area contributed by atoms with Gasteiger partial charge in [0, 0.05) is 6.08 Å². The highest BCUT2D eigenvalue weighted by Crippen LogP contribution is 2.32. The summed E-state index contributed by atoms with van der Waals surface area (Å²) in [4.78, 5) is 10.0. The minimum absolute atomic E-state index is 0.199. The van der Waals surface area contributed by atoms with Crippen LogP contribution in [0.25, 0.3) is 6.08 Å². The summed E-state index contributed by atoms with van der Waals surface area (Å²) in [6.07, 6.45) is 2.24. The number of benzene rings is 1. The zero-order valence-electron chi connectivity index (χ0n) is 7.20. The molecule has 0 spiro atoms. The van der Waals surface area contributed by atoms with Gasteiger partial charge in [-0.2, -0.15) is 4.39 Å². The molecular weight excluding hydrogens is 187 g/mol. The van der Waals surface area contributed by atoms with E-state index in [1.807, 2.05) is 0 Å². The molecule has 0 saturated heterocycles. The van der Waals surface area contributed by atoms with E-state index in [0.29, 0.717) is 17.1 Å². The van der Waals surface area contributed by atoms with Crippen molar-refractivity contribution < 1.29 is 18.7 Å². The van der Waals surface area contributed by atoms with Gasteiger partial charge in [0.15, 0.2) is 11.5 Å². The summed E-state index contributed by atoms with van der Waals surface area (Å²) in [6, 6.07) is 3.64. The smallest absolute Gasteiger partial charge is 0.324 e. The second-order valence-electron chi connectivity index (χ2n) is 2.75. The number of carbonyl (C=O) groups is 1. The number of ether oxygens (including phenoxy) is 2. The maximum absolute atomic E-state index is 11.9. The quantitative estimate of drug-likeness (QED) is 0.533. The monoisotopic (exact) mass is 194 g/mol. The summed E-state index contributed by atoms with van der Waals surface area (Å²) in [5, 5.41) is 0. The van der Waals surface area contributed by atoms with E-state index in [2.05, 4.69) is 0 Å². The lowest BCUT2D eigenvalue weighted by atomic mass is 10.2. The highest BCUT2D eigenvalue weighted by atomic mass is 19.1. The third-order valence-electron chi connectivity index (χ3n) is 1.80. The Morgan fingerprint density at radius 1 is 1.36 bits per heavy atom. The van der Waals surface area contributed by atoms with Gasteiger partial charge in [0.1, 0.15) is 0 Å². The van der Waals surface area contributed by atoms with E-state index in [9.17, 15) is 9.18 Å². The average molecular weight is 194 g/mol. The van der Waals surface area contributed by atoms with Crippen LogP contribution in [0.1, 0.15) is 5.56 Å². The Morgan fingerprint density at radius 2 is 2.14 bits per heavy atom. The van der Waals surface area contributed by atoms with E-state index in [1.165, 1.54) is 6.08 Å². The predicted molar refractivity (Wildman–Crippen MR) is 47.7 cm³/mol. The highest BCUT2D eigenvalue weighted by molar-refractivity contribution is 5.86. The van der Waals surface area contributed by atoms with Gasteiger partial charge in [-0.3, -0.25) is 4.79 Å². The molecule has 0 aliphatic carbocycles. The first kappa shape index (κ1) is 8.74. The van der Waals surface area contributed by atoms with Gasteiger partial charge in [0.05, 0.1) is 0 Å². The van der Waals surface area contributed by atoms with E-state index in [1.54, 1.807) is 18.2 Å². The van der Waals surface area contributed by atoms with Gasteiger partial charge in [0.2, 0.25) is 6.79 Å². The predicted octanol–water partition coefficient (Wildman–Crippen LogP) is 1.92. The van der Waals surface area contributed by atoms with Crippen LogP contribution in [0.4, 0.5) is 4.39 Å². The molecule has 1 aromatic rings. The highest BCUT2D eigenvalue weighted by Gasteiger charge is 2.12. The van der Waals surface area contributed by atoms with Crippen LogP contribution < -0.4 is 9.47 Å². The molecule has 1 aliphatic heterocycles. The molecule has 0 atom stereocenters. The van der Waals surface area contributed by atoms with Crippen LogP contribution in [0.2, 0.25) is 0 Å². The molecule has 0 aromatic heterocycles. The molecule has 0 radical (unpaired) electrons. The van der Waals surface area contributed by atoms with Gasteiger partial charge in [-0.15, -0.1) is 0 Å². The van der Waals surface area contributed by atoms with Gasteiger partial charge < -0.3 is 9.47 Å². The Morgan fingerprint density at radius 3 is 2.93 bits per heavy atom. The third-order valence-corrected chi connectivity index (χ3v) is 1.80. The summed E-state index contributed by atoms with van der Waals surface area (Å²) in [5.74, 6) is 1.27. The van der Waals surface area contributed by atoms with Crippen molar-refractivity contribution in [3.8, 4) is 11.5 Å². The Bertz CT molecular complexity index is 398. The van der Waals surface area contributed by atoms with Gasteiger partial charge in [-0.05, 0) is 23.8 Å². The number of rotatable bonds is 2. The first-order chi connectivity index (χ1) is 6.75. The Hall–Kier alpha value is -1.84. The van der Waals surface area contributed by atoms with Gasteiger partial charge in [-0.1, -0.05) is 6.07 Å². The van der Waals surface area contributed by atoms with Crippen molar-refractivity contribution >= 4 is 12.1 Å². The minimum atomic E-state index is -1.47. The van der Waals surface area contributed by atoms with Crippen molar-refractivity contribution in [3.05, 3.63) is 29.8 Å². The normalized spacial score (nSPS) is 13.5. The zero-order chi connectivity index (χ0) is 9.97.